The van der Waals surface area contributed by atoms with E-state index in [1.807, 2.05) is 0 Å². The van der Waals surface area contributed by atoms with E-state index in [2.05, 4.69) is 360 Å². The van der Waals surface area contributed by atoms with Gasteiger partial charge in [-0.25, -0.2) is 0 Å². The number of hydrogen-bond acceptors (Lipinski definition) is 3. The van der Waals surface area contributed by atoms with Crippen LogP contribution in [0.4, 0.5) is 51.2 Å². The fourth-order valence-corrected chi connectivity index (χ4v) is 14.7. The zero-order valence-electron chi connectivity index (χ0n) is 48.3. The van der Waals surface area contributed by atoms with E-state index < -0.39 is 5.41 Å². The number of anilines is 9. The molecule has 2 aliphatic carbocycles. The molecule has 0 saturated heterocycles. The molecule has 1 spiro atoms. The van der Waals surface area contributed by atoms with Crippen molar-refractivity contribution in [2.24, 2.45) is 0 Å². The number of para-hydroxylation sites is 3. The smallest absolute Gasteiger partial charge is 0.0746 e. The minimum absolute atomic E-state index is 0.730. The van der Waals surface area contributed by atoms with Crippen molar-refractivity contribution < 1.29 is 0 Å². The third kappa shape index (κ3) is 8.05. The first-order chi connectivity index (χ1) is 43.7. The molecule has 15 aromatic carbocycles. The van der Waals surface area contributed by atoms with E-state index in [1.165, 1.54) is 82.6 Å². The fraction of sp³-hybridized carbons (Fsp3) is 0.0118. The van der Waals surface area contributed by atoms with Gasteiger partial charge in [-0.2, -0.15) is 0 Å². The lowest BCUT2D eigenvalue weighted by atomic mass is 9.69. The minimum Gasteiger partial charge on any atom is -0.310 e. The van der Waals surface area contributed by atoms with E-state index in [0.29, 0.717) is 0 Å². The molecule has 0 aromatic heterocycles. The van der Waals surface area contributed by atoms with Gasteiger partial charge < -0.3 is 14.7 Å². The Kier molecular flexibility index (Phi) is 12.1. The molecule has 17 rings (SSSR count). The molecule has 0 fully saturated rings. The summed E-state index contributed by atoms with van der Waals surface area (Å²) >= 11 is 0. The van der Waals surface area contributed by atoms with Gasteiger partial charge in [0.1, 0.15) is 0 Å². The Hall–Kier alpha value is -11.5. The second-order valence-electron chi connectivity index (χ2n) is 23.1. The zero-order valence-corrected chi connectivity index (χ0v) is 48.3. The molecule has 3 nitrogen and oxygen atoms in total. The van der Waals surface area contributed by atoms with E-state index in [1.54, 1.807) is 0 Å². The summed E-state index contributed by atoms with van der Waals surface area (Å²) in [4.78, 5) is 7.46. The van der Waals surface area contributed by atoms with Crippen molar-refractivity contribution in [2.75, 3.05) is 14.7 Å². The van der Waals surface area contributed by atoms with Crippen LogP contribution in [-0.2, 0) is 5.41 Å². The molecule has 412 valence electrons. The van der Waals surface area contributed by atoms with Gasteiger partial charge in [-0.05, 0) is 173 Å². The van der Waals surface area contributed by atoms with E-state index in [-0.39, 0.29) is 0 Å². The van der Waals surface area contributed by atoms with Crippen LogP contribution in [0.5, 0.6) is 0 Å². The van der Waals surface area contributed by atoms with Gasteiger partial charge in [0.2, 0.25) is 0 Å². The number of rotatable bonds is 11. The van der Waals surface area contributed by atoms with Gasteiger partial charge in [-0.1, -0.05) is 261 Å². The lowest BCUT2D eigenvalue weighted by Gasteiger charge is -2.37. The quantitative estimate of drug-likeness (QED) is 0.128. The van der Waals surface area contributed by atoms with Crippen LogP contribution in [0, 0.1) is 0 Å². The standard InChI is InChI=1S/C85H57N3/c1-6-27-58(28-7-1)62-53-68(86(63-33-10-3-11-34-63)64-35-12-4-13-36-64)57-69(54-62)88(67-40-26-39-66(56-67)87(65-37-14-5-15-38-65)80-52-50-70(59-29-8-2-9-30-59)73-43-20-21-44-74(73)80)81-55-61-32-17-19-42-72(61)83-76-46-23-25-48-78(76)85(84(81)83)77-47-24-22-45-75(77)82-71-41-18-16-31-60(71)49-51-79(82)85/h1-57H. The molecule has 3 heteroatoms. The van der Waals surface area contributed by atoms with Gasteiger partial charge in [-0.3, -0.25) is 0 Å². The topological polar surface area (TPSA) is 9.72 Å². The number of hydrogen-bond donors (Lipinski definition) is 0. The SMILES string of the molecule is c1ccc(-c2cc(N(c3ccccc3)c3ccccc3)cc(N(c3cccc(N(c4ccccc4)c4ccc(-c5ccccc5)c5ccccc45)c3)c3cc4ccccc4c4c3C3(c5ccccc5-c5c3ccc3ccccc53)c3ccccc3-4)c2)cc1. The van der Waals surface area contributed by atoms with E-state index in [0.717, 1.165) is 67.7 Å². The summed E-state index contributed by atoms with van der Waals surface area (Å²) < 4.78 is 0. The lowest BCUT2D eigenvalue weighted by Crippen LogP contribution is -2.28. The molecular weight excluding hydrogens is 1060 g/mol. The van der Waals surface area contributed by atoms with Crippen molar-refractivity contribution in [1.29, 1.82) is 0 Å². The summed E-state index contributed by atoms with van der Waals surface area (Å²) in [6.07, 6.45) is 0. The summed E-state index contributed by atoms with van der Waals surface area (Å²) in [6, 6.07) is 128. The van der Waals surface area contributed by atoms with E-state index in [9.17, 15) is 0 Å². The molecule has 88 heavy (non-hydrogen) atoms. The molecule has 2 aliphatic rings. The Labute approximate surface area is 513 Å². The van der Waals surface area contributed by atoms with Crippen LogP contribution < -0.4 is 14.7 Å². The van der Waals surface area contributed by atoms with Crippen molar-refractivity contribution in [1.82, 2.24) is 0 Å². The number of fused-ring (bicyclic) bond motifs is 15. The number of benzene rings is 15. The fourth-order valence-electron chi connectivity index (χ4n) is 14.7. The first-order valence-electron chi connectivity index (χ1n) is 30.4. The van der Waals surface area contributed by atoms with Gasteiger partial charge in [-0.15, -0.1) is 0 Å². The highest BCUT2D eigenvalue weighted by Gasteiger charge is 2.54. The highest BCUT2D eigenvalue weighted by Crippen LogP contribution is 2.67. The molecule has 0 heterocycles. The van der Waals surface area contributed by atoms with Gasteiger partial charge in [0.05, 0.1) is 16.8 Å². The largest absolute Gasteiger partial charge is 0.310 e. The maximum atomic E-state index is 2.61. The van der Waals surface area contributed by atoms with Crippen LogP contribution >= 0.6 is 0 Å². The van der Waals surface area contributed by atoms with Gasteiger partial charge in [0.25, 0.3) is 0 Å². The Morgan fingerprint density at radius 2 is 0.648 bits per heavy atom. The Bertz CT molecular complexity index is 5110. The van der Waals surface area contributed by atoms with E-state index >= 15 is 0 Å². The van der Waals surface area contributed by atoms with Gasteiger partial charge in [0.15, 0.2) is 0 Å². The first kappa shape index (κ1) is 50.9. The lowest BCUT2D eigenvalue weighted by molar-refractivity contribution is 0.794. The van der Waals surface area contributed by atoms with Crippen LogP contribution in [0.3, 0.4) is 0 Å². The van der Waals surface area contributed by atoms with Crippen LogP contribution in [0.15, 0.2) is 346 Å². The zero-order chi connectivity index (χ0) is 58.1. The molecule has 0 N–H and O–H groups in total. The summed E-state index contributed by atoms with van der Waals surface area (Å²) in [7, 11) is 0. The molecule has 0 amide bonds. The van der Waals surface area contributed by atoms with Crippen molar-refractivity contribution in [3.63, 3.8) is 0 Å². The predicted octanol–water partition coefficient (Wildman–Crippen LogP) is 23.2. The predicted molar refractivity (Wildman–Crippen MR) is 370 cm³/mol. The Balaban J connectivity index is 1.00. The first-order valence-corrected chi connectivity index (χ1v) is 30.4. The van der Waals surface area contributed by atoms with Gasteiger partial charge >= 0.3 is 0 Å². The Morgan fingerprint density at radius 3 is 1.27 bits per heavy atom. The molecular formula is C85H57N3. The molecule has 0 saturated carbocycles. The second kappa shape index (κ2) is 20.9. The average molecular weight is 1120 g/mol. The highest BCUT2D eigenvalue weighted by molar-refractivity contribution is 6.14. The normalized spacial score (nSPS) is 13.5. The third-order valence-electron chi connectivity index (χ3n) is 18.3. The molecule has 0 bridgehead atoms. The third-order valence-corrected chi connectivity index (χ3v) is 18.3. The van der Waals surface area contributed by atoms with Crippen LogP contribution in [0.25, 0.3) is 76.8 Å². The molecule has 0 aliphatic heterocycles. The summed E-state index contributed by atoms with van der Waals surface area (Å²) in [5.74, 6) is 0. The van der Waals surface area contributed by atoms with Crippen molar-refractivity contribution in [2.45, 2.75) is 5.41 Å². The molecule has 15 aromatic rings. The van der Waals surface area contributed by atoms with Crippen LogP contribution in [0.2, 0.25) is 0 Å². The summed E-state index contributed by atoms with van der Waals surface area (Å²) in [5.41, 5.74) is 23.5. The maximum absolute atomic E-state index is 2.61. The van der Waals surface area contributed by atoms with Gasteiger partial charge in [0, 0.05) is 50.8 Å². The van der Waals surface area contributed by atoms with E-state index in [4.69, 9.17) is 0 Å². The van der Waals surface area contributed by atoms with Crippen molar-refractivity contribution >= 4 is 83.5 Å². The van der Waals surface area contributed by atoms with Crippen molar-refractivity contribution in [3.05, 3.63) is 368 Å². The summed E-state index contributed by atoms with van der Waals surface area (Å²) in [5, 5.41) is 7.24. The molecule has 1 unspecified atom stereocenters. The molecule has 1 atom stereocenters. The number of nitrogens with zero attached hydrogens (tertiary/aromatic N) is 3. The monoisotopic (exact) mass is 1120 g/mol. The van der Waals surface area contributed by atoms with Crippen LogP contribution in [0.1, 0.15) is 22.3 Å². The maximum Gasteiger partial charge on any atom is 0.0746 e. The average Bonchev–Trinajstić information content (AvgIpc) is 1.52. The Morgan fingerprint density at radius 1 is 0.205 bits per heavy atom. The molecule has 0 radical (unpaired) electrons. The minimum atomic E-state index is -0.730. The second-order valence-corrected chi connectivity index (χ2v) is 23.1. The van der Waals surface area contributed by atoms with Crippen molar-refractivity contribution in [3.8, 4) is 44.5 Å². The summed E-state index contributed by atoms with van der Waals surface area (Å²) in [6.45, 7) is 0. The van der Waals surface area contributed by atoms with Crippen LogP contribution in [-0.4, -0.2) is 0 Å². The highest BCUT2D eigenvalue weighted by atomic mass is 15.2.